The fourth-order valence-corrected chi connectivity index (χ4v) is 3.96. The summed E-state index contributed by atoms with van der Waals surface area (Å²) in [5.41, 5.74) is 2.45. The number of likely N-dealkylation sites (N-methyl/N-ethyl adjacent to an activating group) is 1. The van der Waals surface area contributed by atoms with Gasteiger partial charge in [0.1, 0.15) is 0 Å². The Bertz CT molecular complexity index is 427. The first kappa shape index (κ1) is 15.0. The molecule has 0 aliphatic heterocycles. The highest BCUT2D eigenvalue weighted by Crippen LogP contribution is 2.35. The van der Waals surface area contributed by atoms with Crippen LogP contribution < -0.4 is 5.32 Å². The fraction of sp³-hybridized carbons (Fsp3) is 0.800. The van der Waals surface area contributed by atoms with Gasteiger partial charge in [0.2, 0.25) is 0 Å². The van der Waals surface area contributed by atoms with Gasteiger partial charge in [-0.3, -0.25) is 4.68 Å². The zero-order valence-electron chi connectivity index (χ0n) is 12.5. The number of aryl methyl sites for hydroxylation is 2. The molecule has 0 spiro atoms. The maximum Gasteiger partial charge on any atom is 0.0738 e. The highest BCUT2D eigenvalue weighted by molar-refractivity contribution is 9.10. The molecule has 3 nitrogen and oxygen atoms in total. The van der Waals surface area contributed by atoms with Crippen LogP contribution in [0.15, 0.2) is 4.47 Å². The maximum atomic E-state index is 4.60. The molecule has 108 valence electrons. The van der Waals surface area contributed by atoms with Crippen molar-refractivity contribution in [2.45, 2.75) is 59.0 Å². The van der Waals surface area contributed by atoms with Gasteiger partial charge >= 0.3 is 0 Å². The molecule has 2 rings (SSSR count). The summed E-state index contributed by atoms with van der Waals surface area (Å²) in [6.45, 7) is 7.58. The zero-order valence-corrected chi connectivity index (χ0v) is 14.1. The molecule has 3 atom stereocenters. The molecule has 0 amide bonds. The van der Waals surface area contributed by atoms with E-state index in [1.165, 1.54) is 29.4 Å². The first-order valence-electron chi connectivity index (χ1n) is 7.47. The van der Waals surface area contributed by atoms with Crippen molar-refractivity contribution in [2.75, 3.05) is 7.05 Å². The predicted molar refractivity (Wildman–Crippen MR) is 83.4 cm³/mol. The fourth-order valence-electron chi connectivity index (χ4n) is 3.51. The Hall–Kier alpha value is -0.350. The zero-order chi connectivity index (χ0) is 14.0. The number of halogens is 1. The van der Waals surface area contributed by atoms with Gasteiger partial charge in [-0.25, -0.2) is 0 Å². The molecular weight excluding hydrogens is 302 g/mol. The lowest BCUT2D eigenvalue weighted by Crippen LogP contribution is -2.37. The molecular formula is C15H26BrN3. The number of hydrogen-bond donors (Lipinski definition) is 1. The van der Waals surface area contributed by atoms with Gasteiger partial charge in [0.05, 0.1) is 15.9 Å². The summed E-state index contributed by atoms with van der Waals surface area (Å²) >= 11 is 3.71. The third-order valence-corrected chi connectivity index (χ3v) is 5.71. The summed E-state index contributed by atoms with van der Waals surface area (Å²) in [5, 5.41) is 8.15. The largest absolute Gasteiger partial charge is 0.316 e. The minimum Gasteiger partial charge on any atom is -0.316 e. The Morgan fingerprint density at radius 1 is 1.47 bits per heavy atom. The molecule has 1 aliphatic carbocycles. The second-order valence-corrected chi connectivity index (χ2v) is 6.63. The van der Waals surface area contributed by atoms with E-state index < -0.39 is 0 Å². The van der Waals surface area contributed by atoms with Crippen LogP contribution in [0.2, 0.25) is 0 Å². The average molecular weight is 328 g/mol. The second-order valence-electron chi connectivity index (χ2n) is 5.83. The minimum absolute atomic E-state index is 0.565. The topological polar surface area (TPSA) is 29.9 Å². The molecule has 0 radical (unpaired) electrons. The van der Waals surface area contributed by atoms with Gasteiger partial charge in [-0.1, -0.05) is 19.8 Å². The van der Waals surface area contributed by atoms with E-state index in [4.69, 9.17) is 0 Å². The molecule has 3 unspecified atom stereocenters. The number of aromatic nitrogens is 2. The molecule has 0 saturated heterocycles. The van der Waals surface area contributed by atoms with Crippen LogP contribution in [0.4, 0.5) is 0 Å². The number of rotatable bonds is 5. The molecule has 4 heteroatoms. The first-order chi connectivity index (χ1) is 9.08. The first-order valence-corrected chi connectivity index (χ1v) is 8.26. The highest BCUT2D eigenvalue weighted by Gasteiger charge is 2.31. The van der Waals surface area contributed by atoms with Crippen molar-refractivity contribution in [3.63, 3.8) is 0 Å². The summed E-state index contributed by atoms with van der Waals surface area (Å²) in [4.78, 5) is 0. The van der Waals surface area contributed by atoms with Crippen LogP contribution in [-0.4, -0.2) is 22.9 Å². The van der Waals surface area contributed by atoms with Crippen LogP contribution in [0.3, 0.4) is 0 Å². The van der Waals surface area contributed by atoms with Crippen molar-refractivity contribution in [3.05, 3.63) is 15.9 Å². The SMILES string of the molecule is CCn1nc(C)c(Br)c1CC(NC)C1CCCC1C. The van der Waals surface area contributed by atoms with Crippen LogP contribution in [0.1, 0.15) is 44.5 Å². The van der Waals surface area contributed by atoms with E-state index in [9.17, 15) is 0 Å². The standard InChI is InChI=1S/C15H26BrN3/c1-5-19-14(15(16)11(3)18-19)9-13(17-4)12-8-6-7-10(12)2/h10,12-13,17H,5-9H2,1-4H3. The van der Waals surface area contributed by atoms with Gasteiger partial charge in [0.25, 0.3) is 0 Å². The van der Waals surface area contributed by atoms with Crippen molar-refractivity contribution in [3.8, 4) is 0 Å². The van der Waals surface area contributed by atoms with Gasteiger partial charge < -0.3 is 5.32 Å². The average Bonchev–Trinajstić information content (AvgIpc) is 2.93. The summed E-state index contributed by atoms with van der Waals surface area (Å²) in [7, 11) is 2.10. The molecule has 1 fully saturated rings. The lowest BCUT2D eigenvalue weighted by Gasteiger charge is -2.27. The number of nitrogens with zero attached hydrogens (tertiary/aromatic N) is 2. The van der Waals surface area contributed by atoms with Gasteiger partial charge in [-0.2, -0.15) is 5.10 Å². The molecule has 19 heavy (non-hydrogen) atoms. The predicted octanol–water partition coefficient (Wildman–Crippen LogP) is 3.54. The lowest BCUT2D eigenvalue weighted by atomic mass is 9.87. The van der Waals surface area contributed by atoms with Gasteiger partial charge in [0.15, 0.2) is 0 Å². The van der Waals surface area contributed by atoms with E-state index in [0.717, 1.165) is 30.5 Å². The van der Waals surface area contributed by atoms with Crippen molar-refractivity contribution >= 4 is 15.9 Å². The lowest BCUT2D eigenvalue weighted by molar-refractivity contribution is 0.303. The van der Waals surface area contributed by atoms with E-state index in [0.29, 0.717) is 6.04 Å². The Labute approximate surface area is 125 Å². The Kier molecular flexibility index (Phi) is 5.07. The van der Waals surface area contributed by atoms with Crippen molar-refractivity contribution < 1.29 is 0 Å². The van der Waals surface area contributed by atoms with Gasteiger partial charge in [0, 0.05) is 19.0 Å². The highest BCUT2D eigenvalue weighted by atomic mass is 79.9. The number of nitrogens with one attached hydrogen (secondary N) is 1. The van der Waals surface area contributed by atoms with Crippen LogP contribution in [-0.2, 0) is 13.0 Å². The van der Waals surface area contributed by atoms with E-state index >= 15 is 0 Å². The third kappa shape index (κ3) is 3.05. The van der Waals surface area contributed by atoms with Crippen LogP contribution in [0, 0.1) is 18.8 Å². The maximum absolute atomic E-state index is 4.60. The van der Waals surface area contributed by atoms with Crippen molar-refractivity contribution in [1.29, 1.82) is 0 Å². The minimum atomic E-state index is 0.565. The summed E-state index contributed by atoms with van der Waals surface area (Å²) in [5.74, 6) is 1.65. The van der Waals surface area contributed by atoms with Gasteiger partial charge in [-0.15, -0.1) is 0 Å². The van der Waals surface area contributed by atoms with Crippen molar-refractivity contribution in [2.24, 2.45) is 11.8 Å². The van der Waals surface area contributed by atoms with E-state index in [1.807, 2.05) is 0 Å². The summed E-state index contributed by atoms with van der Waals surface area (Å²) in [6.07, 6.45) is 5.21. The third-order valence-electron chi connectivity index (χ3n) is 4.68. The van der Waals surface area contributed by atoms with Crippen LogP contribution in [0.25, 0.3) is 0 Å². The Morgan fingerprint density at radius 2 is 2.21 bits per heavy atom. The molecule has 1 N–H and O–H groups in total. The van der Waals surface area contributed by atoms with Crippen LogP contribution in [0.5, 0.6) is 0 Å². The summed E-state index contributed by atoms with van der Waals surface area (Å²) < 4.78 is 3.34. The van der Waals surface area contributed by atoms with Crippen molar-refractivity contribution in [1.82, 2.24) is 15.1 Å². The van der Waals surface area contributed by atoms with E-state index in [2.05, 4.69) is 58.8 Å². The van der Waals surface area contributed by atoms with Gasteiger partial charge in [-0.05, 0) is 55.1 Å². The quantitative estimate of drug-likeness (QED) is 0.896. The molecule has 1 saturated carbocycles. The normalized spacial score (nSPS) is 24.9. The van der Waals surface area contributed by atoms with Crippen LogP contribution >= 0.6 is 15.9 Å². The Morgan fingerprint density at radius 3 is 2.74 bits per heavy atom. The summed E-state index contributed by atoms with van der Waals surface area (Å²) in [6, 6.07) is 0.565. The monoisotopic (exact) mass is 327 g/mol. The second kappa shape index (κ2) is 6.40. The molecule has 0 aromatic carbocycles. The smallest absolute Gasteiger partial charge is 0.0738 e. The number of hydrogen-bond acceptors (Lipinski definition) is 2. The van der Waals surface area contributed by atoms with E-state index in [-0.39, 0.29) is 0 Å². The molecule has 0 bridgehead atoms. The molecule has 1 aliphatic rings. The Balaban J connectivity index is 2.18. The molecule has 1 aromatic rings. The molecule has 1 aromatic heterocycles. The van der Waals surface area contributed by atoms with E-state index in [1.54, 1.807) is 0 Å². The molecule has 1 heterocycles.